The van der Waals surface area contributed by atoms with Gasteiger partial charge in [-0.3, -0.25) is 19.2 Å². The molecule has 4 unspecified atom stereocenters. The highest BCUT2D eigenvalue weighted by molar-refractivity contribution is 6.13. The van der Waals surface area contributed by atoms with Gasteiger partial charge in [-0.1, -0.05) is 27.7 Å². The fraction of sp³-hybridized carbons (Fsp3) is 0.409. The maximum atomic E-state index is 13.9. The Bertz CT molecular complexity index is 2670. The number of nitrogens with one attached hydrogen (secondary N) is 6. The Labute approximate surface area is 355 Å². The summed E-state index contributed by atoms with van der Waals surface area (Å²) in [4.78, 5) is 104. The van der Waals surface area contributed by atoms with Crippen molar-refractivity contribution in [1.29, 1.82) is 0 Å². The molecule has 62 heavy (non-hydrogen) atoms. The summed E-state index contributed by atoms with van der Waals surface area (Å²) in [6, 6.07) is 10.3. The summed E-state index contributed by atoms with van der Waals surface area (Å²) < 4.78 is 9.48. The van der Waals surface area contributed by atoms with E-state index in [1.165, 1.54) is 20.4 Å². The molecule has 18 heteroatoms. The molecule has 0 bridgehead atoms. The number of aromatic nitrogens is 6. The molecular formula is C44H50N10O8. The Kier molecular flexibility index (Phi) is 11.3. The SMILES string of the molecule is COC(=O)NC(C(=O)N1CCCC1c1ncc(C(=O)c2cc3cc4cc(C(=O)c5ccc6nc(C7CCCN7C(=O)C(NC(=O)OC)C(C)C)[nH]c6c5)[nH]c4cc3[nH]2)[nH]1)C(C)C. The molecule has 4 aromatic heterocycles. The quantitative estimate of drug-likeness (QED) is 0.0809. The summed E-state index contributed by atoms with van der Waals surface area (Å²) in [6.07, 6.45) is 3.00. The van der Waals surface area contributed by atoms with Gasteiger partial charge >= 0.3 is 12.2 Å². The minimum Gasteiger partial charge on any atom is -0.453 e. The van der Waals surface area contributed by atoms with E-state index in [1.807, 2.05) is 39.8 Å². The monoisotopic (exact) mass is 846 g/mol. The average molecular weight is 847 g/mol. The minimum absolute atomic E-state index is 0.159. The van der Waals surface area contributed by atoms with Crippen molar-refractivity contribution < 1.29 is 38.2 Å². The fourth-order valence-corrected chi connectivity index (χ4v) is 8.64. The third-order valence-corrected chi connectivity index (χ3v) is 11.9. The van der Waals surface area contributed by atoms with Crippen LogP contribution < -0.4 is 10.6 Å². The average Bonchev–Trinajstić information content (AvgIpc) is 4.12. The number of fused-ring (bicyclic) bond motifs is 3. The number of hydrogen-bond acceptors (Lipinski definition) is 10. The van der Waals surface area contributed by atoms with Crippen LogP contribution in [-0.2, 0) is 19.1 Å². The van der Waals surface area contributed by atoms with E-state index in [1.54, 1.807) is 40.1 Å². The van der Waals surface area contributed by atoms with Gasteiger partial charge < -0.3 is 49.8 Å². The number of carbonyl (C=O) groups excluding carboxylic acids is 6. The first-order chi connectivity index (χ1) is 29.7. The Morgan fingerprint density at radius 2 is 1.19 bits per heavy atom. The van der Waals surface area contributed by atoms with E-state index in [2.05, 4.69) is 35.6 Å². The lowest BCUT2D eigenvalue weighted by Gasteiger charge is -2.29. The highest BCUT2D eigenvalue weighted by Crippen LogP contribution is 2.34. The second-order valence-corrected chi connectivity index (χ2v) is 16.7. The number of amides is 4. The third-order valence-electron chi connectivity index (χ3n) is 11.9. The number of aromatic amines is 4. The zero-order valence-electron chi connectivity index (χ0n) is 35.4. The van der Waals surface area contributed by atoms with Gasteiger partial charge in [0.05, 0.1) is 54.9 Å². The molecule has 6 aromatic rings. The first-order valence-electron chi connectivity index (χ1n) is 20.8. The molecule has 324 valence electrons. The lowest BCUT2D eigenvalue weighted by Crippen LogP contribution is -2.51. The van der Waals surface area contributed by atoms with Gasteiger partial charge in [-0.15, -0.1) is 0 Å². The standard InChI is InChI=1S/C44H50N10O8/c1-21(2)35(51-43(59)61-5)41(57)53-13-7-9-33(53)39-45-20-32(50-39)38(56)31-18-25-15-24-17-30(46-27(24)19-28(25)47-31)37(55)23-11-12-26-29(16-23)49-40(48-26)34-10-8-14-54(34)42(58)36(22(3)4)52-44(60)62-6/h11-12,15-22,33-36,46-47H,7-10,13-14H2,1-6H3,(H,45,50)(H,48,49)(H,51,59)(H,52,60). The number of alkyl carbamates (subject to hydrolysis) is 2. The van der Waals surface area contributed by atoms with Crippen molar-refractivity contribution in [2.45, 2.75) is 77.5 Å². The lowest BCUT2D eigenvalue weighted by molar-refractivity contribution is -0.136. The van der Waals surface area contributed by atoms with Crippen LogP contribution in [0.2, 0.25) is 0 Å². The number of methoxy groups -OCH3 is 2. The molecule has 0 spiro atoms. The topological polar surface area (TPSA) is 240 Å². The molecule has 2 fully saturated rings. The smallest absolute Gasteiger partial charge is 0.407 e. The number of hydrogen-bond donors (Lipinski definition) is 6. The fourth-order valence-electron chi connectivity index (χ4n) is 8.64. The van der Waals surface area contributed by atoms with Crippen molar-refractivity contribution in [3.8, 4) is 0 Å². The number of benzene rings is 2. The van der Waals surface area contributed by atoms with Crippen molar-refractivity contribution in [2.75, 3.05) is 27.3 Å². The summed E-state index contributed by atoms with van der Waals surface area (Å²) in [5, 5.41) is 6.87. The van der Waals surface area contributed by atoms with Crippen LogP contribution in [-0.4, -0.2) is 115 Å². The van der Waals surface area contributed by atoms with E-state index >= 15 is 0 Å². The summed E-state index contributed by atoms with van der Waals surface area (Å²) >= 11 is 0. The van der Waals surface area contributed by atoms with Gasteiger partial charge in [0.2, 0.25) is 23.4 Å². The molecule has 0 saturated carbocycles. The lowest BCUT2D eigenvalue weighted by atomic mass is 10.0. The van der Waals surface area contributed by atoms with E-state index in [0.717, 1.165) is 23.6 Å². The maximum Gasteiger partial charge on any atom is 0.407 e. The van der Waals surface area contributed by atoms with E-state index in [9.17, 15) is 28.8 Å². The number of imidazole rings is 2. The molecule has 18 nitrogen and oxygen atoms in total. The van der Waals surface area contributed by atoms with Crippen molar-refractivity contribution in [2.24, 2.45) is 11.8 Å². The summed E-state index contributed by atoms with van der Waals surface area (Å²) in [6.45, 7) is 8.45. The zero-order valence-corrected chi connectivity index (χ0v) is 35.4. The molecule has 6 N–H and O–H groups in total. The number of likely N-dealkylation sites (tertiary alicyclic amines) is 2. The van der Waals surface area contributed by atoms with Crippen molar-refractivity contribution >= 4 is 68.4 Å². The molecule has 2 aliphatic rings. The molecule has 2 aromatic carbocycles. The second-order valence-electron chi connectivity index (χ2n) is 16.7. The minimum atomic E-state index is -0.774. The normalized spacial score (nSPS) is 17.6. The zero-order chi connectivity index (χ0) is 44.0. The number of ether oxygens (including phenoxy) is 2. The number of ketones is 2. The molecular weight excluding hydrogens is 797 g/mol. The van der Waals surface area contributed by atoms with Gasteiger partial charge in [0.1, 0.15) is 29.4 Å². The summed E-state index contributed by atoms with van der Waals surface area (Å²) in [5.41, 5.74) is 4.15. The van der Waals surface area contributed by atoms with Gasteiger partial charge in [0.15, 0.2) is 0 Å². The van der Waals surface area contributed by atoms with Crippen LogP contribution in [0.4, 0.5) is 9.59 Å². The first kappa shape index (κ1) is 41.7. The van der Waals surface area contributed by atoms with E-state index < -0.39 is 24.3 Å². The maximum absolute atomic E-state index is 13.9. The van der Waals surface area contributed by atoms with Crippen LogP contribution in [0.5, 0.6) is 0 Å². The number of nitrogens with zero attached hydrogens (tertiary/aromatic N) is 4. The van der Waals surface area contributed by atoms with Gasteiger partial charge in [0, 0.05) is 40.5 Å². The van der Waals surface area contributed by atoms with Crippen LogP contribution in [0, 0.1) is 11.8 Å². The molecule has 0 aliphatic carbocycles. The Morgan fingerprint density at radius 1 is 0.645 bits per heavy atom. The first-order valence-corrected chi connectivity index (χ1v) is 20.8. The van der Waals surface area contributed by atoms with E-state index in [0.29, 0.717) is 76.6 Å². The van der Waals surface area contributed by atoms with Crippen LogP contribution in [0.25, 0.3) is 32.8 Å². The molecule has 0 radical (unpaired) electrons. The van der Waals surface area contributed by atoms with Gasteiger partial charge in [-0.2, -0.15) is 0 Å². The third kappa shape index (κ3) is 7.87. The molecule has 4 amide bonds. The van der Waals surface area contributed by atoms with Crippen molar-refractivity contribution in [3.05, 3.63) is 83.0 Å². The van der Waals surface area contributed by atoms with Gasteiger partial charge in [0.25, 0.3) is 0 Å². The predicted octanol–water partition coefficient (Wildman–Crippen LogP) is 5.80. The van der Waals surface area contributed by atoms with Crippen molar-refractivity contribution in [1.82, 2.24) is 50.3 Å². The molecule has 8 rings (SSSR count). The summed E-state index contributed by atoms with van der Waals surface area (Å²) in [5.74, 6) is -0.196. The Hall–Kier alpha value is -6.98. The molecule has 6 heterocycles. The second kappa shape index (κ2) is 16.8. The van der Waals surface area contributed by atoms with Crippen LogP contribution in [0.1, 0.15) is 109 Å². The largest absolute Gasteiger partial charge is 0.453 e. The Balaban J connectivity index is 0.967. The number of rotatable bonds is 12. The highest BCUT2D eigenvalue weighted by atomic mass is 16.5. The molecule has 2 aliphatic heterocycles. The number of H-pyrrole nitrogens is 4. The van der Waals surface area contributed by atoms with Gasteiger partial charge in [-0.25, -0.2) is 19.6 Å². The van der Waals surface area contributed by atoms with Crippen molar-refractivity contribution in [3.63, 3.8) is 0 Å². The molecule has 2 saturated heterocycles. The molecule has 4 atom stereocenters. The Morgan fingerprint density at radius 3 is 1.74 bits per heavy atom. The van der Waals surface area contributed by atoms with Crippen LogP contribution >= 0.6 is 0 Å². The van der Waals surface area contributed by atoms with Crippen LogP contribution in [0.15, 0.2) is 48.7 Å². The predicted molar refractivity (Wildman–Crippen MR) is 227 cm³/mol. The van der Waals surface area contributed by atoms with Gasteiger partial charge in [-0.05, 0) is 80.0 Å². The highest BCUT2D eigenvalue weighted by Gasteiger charge is 2.39. The number of carbonyl (C=O) groups is 6. The summed E-state index contributed by atoms with van der Waals surface area (Å²) in [7, 11) is 2.51. The van der Waals surface area contributed by atoms with E-state index in [4.69, 9.17) is 14.5 Å². The van der Waals surface area contributed by atoms with Crippen LogP contribution in [0.3, 0.4) is 0 Å². The van der Waals surface area contributed by atoms with E-state index in [-0.39, 0.29) is 53.0 Å².